The average molecular weight is 343 g/mol. The first-order valence-electron chi connectivity index (χ1n) is 4.07. The number of Topliss-reactive ketones (excluding diaryl/α,β-unsaturated/α-hetero) is 1. The molecule has 0 spiro atoms. The molecule has 0 fully saturated rings. The van der Waals surface area contributed by atoms with Crippen molar-refractivity contribution in [1.82, 2.24) is 0 Å². The normalized spacial score (nSPS) is 10.2. The monoisotopic (exact) mass is 342 g/mol. The second-order valence-corrected chi connectivity index (χ2v) is 4.73. The molecule has 0 aliphatic carbocycles. The number of ketones is 1. The van der Waals surface area contributed by atoms with Crippen LogP contribution in [-0.2, 0) is 17.1 Å². The van der Waals surface area contributed by atoms with Crippen LogP contribution in [0.3, 0.4) is 0 Å². The Morgan fingerprint density at radius 3 is 2.43 bits per heavy atom. The zero-order chi connectivity index (χ0) is 10.6. The van der Waals surface area contributed by atoms with Gasteiger partial charge in [0.25, 0.3) is 0 Å². The summed E-state index contributed by atoms with van der Waals surface area (Å²) in [5.74, 6) is 0.579. The van der Waals surface area contributed by atoms with Gasteiger partial charge in [0.2, 0.25) is 0 Å². The molecule has 0 N–H and O–H groups in total. The predicted octanol–water partition coefficient (Wildman–Crippen LogP) is 3.38. The SMILES string of the molecule is O=C(CCl)Cc1cc(I)cc(CCl)c1. The molecule has 0 aliphatic rings. The minimum absolute atomic E-state index is 0.0363. The number of carbonyl (C=O) groups excluding carboxylic acids is 1. The zero-order valence-electron chi connectivity index (χ0n) is 7.40. The van der Waals surface area contributed by atoms with Crippen molar-refractivity contribution < 1.29 is 4.79 Å². The van der Waals surface area contributed by atoms with E-state index in [-0.39, 0.29) is 11.7 Å². The third-order valence-electron chi connectivity index (χ3n) is 1.72. The summed E-state index contributed by atoms with van der Waals surface area (Å²) >= 11 is 13.4. The molecular formula is C10H9Cl2IO. The molecule has 1 aromatic carbocycles. The number of halogens is 3. The highest BCUT2D eigenvalue weighted by Crippen LogP contribution is 2.15. The van der Waals surface area contributed by atoms with Gasteiger partial charge in [0.05, 0.1) is 5.88 Å². The Bertz CT molecular complexity index is 339. The lowest BCUT2D eigenvalue weighted by molar-refractivity contribution is -0.116. The van der Waals surface area contributed by atoms with Crippen LogP contribution in [0.1, 0.15) is 11.1 Å². The van der Waals surface area contributed by atoms with Gasteiger partial charge in [-0.1, -0.05) is 6.07 Å². The summed E-state index contributed by atoms with van der Waals surface area (Å²) in [7, 11) is 0. The van der Waals surface area contributed by atoms with E-state index in [9.17, 15) is 4.79 Å². The van der Waals surface area contributed by atoms with Crippen LogP contribution in [0.15, 0.2) is 18.2 Å². The van der Waals surface area contributed by atoms with E-state index in [4.69, 9.17) is 23.2 Å². The minimum atomic E-state index is 0.0363. The number of hydrogen-bond acceptors (Lipinski definition) is 1. The van der Waals surface area contributed by atoms with Gasteiger partial charge in [0.1, 0.15) is 0 Å². The fourth-order valence-electron chi connectivity index (χ4n) is 1.17. The highest BCUT2D eigenvalue weighted by atomic mass is 127. The minimum Gasteiger partial charge on any atom is -0.298 e. The first-order chi connectivity index (χ1) is 6.65. The van der Waals surface area contributed by atoms with E-state index in [0.717, 1.165) is 14.7 Å². The van der Waals surface area contributed by atoms with E-state index < -0.39 is 0 Å². The Morgan fingerprint density at radius 1 is 1.21 bits per heavy atom. The fourth-order valence-corrected chi connectivity index (χ4v) is 2.22. The third-order valence-corrected chi connectivity index (χ3v) is 2.95. The number of benzene rings is 1. The maximum Gasteiger partial charge on any atom is 0.151 e. The van der Waals surface area contributed by atoms with Gasteiger partial charge in [-0.2, -0.15) is 0 Å². The third kappa shape index (κ3) is 3.75. The molecule has 0 radical (unpaired) electrons. The Hall–Kier alpha value is 0.200. The van der Waals surface area contributed by atoms with Crippen LogP contribution in [-0.4, -0.2) is 11.7 Å². The first-order valence-corrected chi connectivity index (χ1v) is 6.22. The quantitative estimate of drug-likeness (QED) is 0.605. The average Bonchev–Trinajstić information content (AvgIpc) is 2.16. The topological polar surface area (TPSA) is 17.1 Å². The first kappa shape index (κ1) is 12.3. The molecule has 0 saturated carbocycles. The van der Waals surface area contributed by atoms with Crippen molar-refractivity contribution in [2.75, 3.05) is 5.88 Å². The molecule has 1 rings (SSSR count). The van der Waals surface area contributed by atoms with E-state index in [2.05, 4.69) is 22.6 Å². The lowest BCUT2D eigenvalue weighted by Gasteiger charge is -2.03. The van der Waals surface area contributed by atoms with E-state index in [1.807, 2.05) is 18.2 Å². The van der Waals surface area contributed by atoms with Crippen molar-refractivity contribution in [1.29, 1.82) is 0 Å². The Labute approximate surface area is 107 Å². The van der Waals surface area contributed by atoms with Crippen LogP contribution >= 0.6 is 45.8 Å². The van der Waals surface area contributed by atoms with Crippen molar-refractivity contribution in [2.45, 2.75) is 12.3 Å². The Balaban J connectivity index is 2.86. The van der Waals surface area contributed by atoms with Gasteiger partial charge in [0.15, 0.2) is 5.78 Å². The molecule has 0 amide bonds. The highest BCUT2D eigenvalue weighted by Gasteiger charge is 2.04. The molecule has 0 aliphatic heterocycles. The molecular weight excluding hydrogens is 334 g/mol. The zero-order valence-corrected chi connectivity index (χ0v) is 11.1. The molecule has 0 bridgehead atoms. The maximum atomic E-state index is 11.1. The molecule has 1 aromatic rings. The van der Waals surface area contributed by atoms with Crippen molar-refractivity contribution in [3.8, 4) is 0 Å². The molecule has 4 heteroatoms. The van der Waals surface area contributed by atoms with E-state index >= 15 is 0 Å². The summed E-state index contributed by atoms with van der Waals surface area (Å²) in [6.07, 6.45) is 0.393. The summed E-state index contributed by atoms with van der Waals surface area (Å²) < 4.78 is 1.10. The fraction of sp³-hybridized carbons (Fsp3) is 0.300. The van der Waals surface area contributed by atoms with Crippen LogP contribution in [0.2, 0.25) is 0 Å². The molecule has 0 aromatic heterocycles. The second-order valence-electron chi connectivity index (χ2n) is 2.95. The molecule has 0 atom stereocenters. The summed E-state index contributed by atoms with van der Waals surface area (Å²) in [4.78, 5) is 11.1. The van der Waals surface area contributed by atoms with Gasteiger partial charge in [0, 0.05) is 15.9 Å². The van der Waals surface area contributed by atoms with Gasteiger partial charge in [-0.05, 0) is 45.9 Å². The smallest absolute Gasteiger partial charge is 0.151 e. The van der Waals surface area contributed by atoms with E-state index in [0.29, 0.717) is 12.3 Å². The van der Waals surface area contributed by atoms with Crippen molar-refractivity contribution >= 4 is 51.6 Å². The lowest BCUT2D eigenvalue weighted by Crippen LogP contribution is -2.04. The van der Waals surface area contributed by atoms with Crippen molar-refractivity contribution in [2.24, 2.45) is 0 Å². The number of rotatable bonds is 4. The number of alkyl halides is 2. The van der Waals surface area contributed by atoms with Gasteiger partial charge in [-0.25, -0.2) is 0 Å². The lowest BCUT2D eigenvalue weighted by atomic mass is 10.1. The van der Waals surface area contributed by atoms with Gasteiger partial charge >= 0.3 is 0 Å². The van der Waals surface area contributed by atoms with Gasteiger partial charge in [-0.15, -0.1) is 23.2 Å². The highest BCUT2D eigenvalue weighted by molar-refractivity contribution is 14.1. The molecule has 1 nitrogen and oxygen atoms in total. The van der Waals surface area contributed by atoms with Gasteiger partial charge in [-0.3, -0.25) is 4.79 Å². The number of carbonyl (C=O) groups is 1. The van der Waals surface area contributed by atoms with E-state index in [1.165, 1.54) is 0 Å². The standard InChI is InChI=1S/C10H9Cl2IO/c11-5-8-1-7(2-9(13)3-8)4-10(14)6-12/h1-3H,4-6H2. The number of hydrogen-bond donors (Lipinski definition) is 0. The maximum absolute atomic E-state index is 11.1. The Morgan fingerprint density at radius 2 is 1.86 bits per heavy atom. The summed E-state index contributed by atoms with van der Waals surface area (Å²) in [5.41, 5.74) is 2.02. The van der Waals surface area contributed by atoms with Crippen LogP contribution in [0.5, 0.6) is 0 Å². The van der Waals surface area contributed by atoms with Crippen molar-refractivity contribution in [3.05, 3.63) is 32.9 Å². The summed E-state index contributed by atoms with van der Waals surface area (Å²) in [6, 6.07) is 5.92. The molecule has 0 heterocycles. The van der Waals surface area contributed by atoms with Crippen molar-refractivity contribution in [3.63, 3.8) is 0 Å². The van der Waals surface area contributed by atoms with Crippen LogP contribution in [0, 0.1) is 3.57 Å². The summed E-state index contributed by atoms with van der Waals surface area (Å²) in [5, 5.41) is 0. The summed E-state index contributed by atoms with van der Waals surface area (Å²) in [6.45, 7) is 0. The second kappa shape index (κ2) is 5.93. The van der Waals surface area contributed by atoms with Gasteiger partial charge < -0.3 is 0 Å². The Kier molecular flexibility index (Phi) is 5.20. The van der Waals surface area contributed by atoms with E-state index in [1.54, 1.807) is 0 Å². The largest absolute Gasteiger partial charge is 0.298 e. The predicted molar refractivity (Wildman–Crippen MR) is 68.1 cm³/mol. The van der Waals surface area contributed by atoms with Crippen LogP contribution in [0.4, 0.5) is 0 Å². The molecule has 76 valence electrons. The molecule has 0 unspecified atom stereocenters. The van der Waals surface area contributed by atoms with Crippen LogP contribution < -0.4 is 0 Å². The molecule has 0 saturated heterocycles. The van der Waals surface area contributed by atoms with Crippen LogP contribution in [0.25, 0.3) is 0 Å². The molecule has 14 heavy (non-hydrogen) atoms.